The molecule has 1 aliphatic heterocycles. The lowest BCUT2D eigenvalue weighted by atomic mass is 9.98. The van der Waals surface area contributed by atoms with Crippen LogP contribution in [0.25, 0.3) is 0 Å². The van der Waals surface area contributed by atoms with Crippen LogP contribution in [0.1, 0.15) is 49.9 Å². The smallest absolute Gasteiger partial charge is 0.254 e. The van der Waals surface area contributed by atoms with Crippen LogP contribution in [0.2, 0.25) is 0 Å². The third kappa shape index (κ3) is 3.71. The monoisotopic (exact) mass is 275 g/mol. The molecule has 4 heteroatoms. The fraction of sp³-hybridized carbons (Fsp3) is 0.625. The van der Waals surface area contributed by atoms with E-state index >= 15 is 0 Å². The fourth-order valence-electron chi connectivity index (χ4n) is 2.80. The summed E-state index contributed by atoms with van der Waals surface area (Å²) in [4.78, 5) is 18.8. The summed E-state index contributed by atoms with van der Waals surface area (Å²) in [6.07, 6.45) is 6.43. The molecule has 1 aromatic rings. The Morgan fingerprint density at radius 3 is 3.00 bits per heavy atom. The summed E-state index contributed by atoms with van der Waals surface area (Å²) in [7, 11) is 0. The molecule has 0 radical (unpaired) electrons. The summed E-state index contributed by atoms with van der Waals surface area (Å²) in [5.41, 5.74) is 0.742. The van der Waals surface area contributed by atoms with Crippen molar-refractivity contribution in [3.63, 3.8) is 0 Å². The van der Waals surface area contributed by atoms with Crippen molar-refractivity contribution in [3.8, 4) is 0 Å². The molecule has 1 amide bonds. The standard InChI is InChI=1S/C16H25N3O/c1-3-13-6-5-10-19(11-8-13)16(20)14-7-9-18-15(12-14)17-4-2/h7,9,12-13H,3-6,8,10-11H2,1-2H3,(H,17,18). The summed E-state index contributed by atoms with van der Waals surface area (Å²) in [6.45, 7) is 6.85. The predicted molar refractivity (Wildman–Crippen MR) is 81.9 cm³/mol. The second-order valence-electron chi connectivity index (χ2n) is 5.46. The molecule has 1 aromatic heterocycles. The number of anilines is 1. The molecule has 2 rings (SSSR count). The van der Waals surface area contributed by atoms with E-state index in [1.807, 2.05) is 24.0 Å². The number of hydrogen-bond donors (Lipinski definition) is 1. The first kappa shape index (κ1) is 14.8. The fourth-order valence-corrected chi connectivity index (χ4v) is 2.80. The molecule has 110 valence electrons. The van der Waals surface area contributed by atoms with Crippen LogP contribution in [-0.2, 0) is 0 Å². The maximum atomic E-state index is 12.6. The van der Waals surface area contributed by atoms with Crippen LogP contribution in [0.5, 0.6) is 0 Å². The molecule has 0 saturated carbocycles. The molecule has 1 aliphatic rings. The minimum absolute atomic E-state index is 0.142. The van der Waals surface area contributed by atoms with E-state index in [2.05, 4.69) is 17.2 Å². The van der Waals surface area contributed by atoms with Gasteiger partial charge in [-0.05, 0) is 44.2 Å². The minimum atomic E-state index is 0.142. The average molecular weight is 275 g/mol. The van der Waals surface area contributed by atoms with Crippen LogP contribution in [0, 0.1) is 5.92 Å². The second kappa shape index (κ2) is 7.27. The van der Waals surface area contributed by atoms with E-state index in [1.165, 1.54) is 12.8 Å². The molecular weight excluding hydrogens is 250 g/mol. The van der Waals surface area contributed by atoms with Gasteiger partial charge >= 0.3 is 0 Å². The molecule has 1 fully saturated rings. The van der Waals surface area contributed by atoms with Crippen LogP contribution < -0.4 is 5.32 Å². The molecule has 0 aliphatic carbocycles. The van der Waals surface area contributed by atoms with Crippen molar-refractivity contribution in [3.05, 3.63) is 23.9 Å². The largest absolute Gasteiger partial charge is 0.370 e. The van der Waals surface area contributed by atoms with E-state index in [4.69, 9.17) is 0 Å². The number of likely N-dealkylation sites (tertiary alicyclic amines) is 1. The zero-order chi connectivity index (χ0) is 14.4. The van der Waals surface area contributed by atoms with Gasteiger partial charge in [-0.2, -0.15) is 0 Å². The quantitative estimate of drug-likeness (QED) is 0.918. The van der Waals surface area contributed by atoms with Gasteiger partial charge in [-0.1, -0.05) is 13.3 Å². The van der Waals surface area contributed by atoms with E-state index in [-0.39, 0.29) is 5.91 Å². The Kier molecular flexibility index (Phi) is 5.39. The van der Waals surface area contributed by atoms with Gasteiger partial charge in [-0.15, -0.1) is 0 Å². The van der Waals surface area contributed by atoms with Crippen LogP contribution in [0.4, 0.5) is 5.82 Å². The van der Waals surface area contributed by atoms with Crippen LogP contribution in [-0.4, -0.2) is 35.4 Å². The van der Waals surface area contributed by atoms with Gasteiger partial charge in [0.05, 0.1) is 0 Å². The Labute approximate surface area is 121 Å². The highest BCUT2D eigenvalue weighted by molar-refractivity contribution is 5.94. The van der Waals surface area contributed by atoms with Gasteiger partial charge in [0.25, 0.3) is 5.91 Å². The molecule has 1 unspecified atom stereocenters. The third-order valence-electron chi connectivity index (χ3n) is 4.08. The Morgan fingerprint density at radius 2 is 2.25 bits per heavy atom. The molecule has 1 atom stereocenters. The van der Waals surface area contributed by atoms with E-state index in [0.29, 0.717) is 0 Å². The molecule has 2 heterocycles. The van der Waals surface area contributed by atoms with Gasteiger partial charge in [-0.3, -0.25) is 4.79 Å². The lowest BCUT2D eigenvalue weighted by Crippen LogP contribution is -2.32. The average Bonchev–Trinajstić information content (AvgIpc) is 2.72. The number of hydrogen-bond acceptors (Lipinski definition) is 3. The molecule has 0 bridgehead atoms. The number of aromatic nitrogens is 1. The Hall–Kier alpha value is -1.58. The summed E-state index contributed by atoms with van der Waals surface area (Å²) < 4.78 is 0. The number of amides is 1. The van der Waals surface area contributed by atoms with Gasteiger partial charge in [0.2, 0.25) is 0 Å². The van der Waals surface area contributed by atoms with Crippen molar-refractivity contribution in [2.24, 2.45) is 5.92 Å². The van der Waals surface area contributed by atoms with Crippen molar-refractivity contribution in [2.75, 3.05) is 25.0 Å². The number of carbonyl (C=O) groups is 1. The topological polar surface area (TPSA) is 45.2 Å². The normalized spacial score (nSPS) is 19.5. The molecule has 0 aromatic carbocycles. The van der Waals surface area contributed by atoms with Gasteiger partial charge in [-0.25, -0.2) is 4.98 Å². The predicted octanol–water partition coefficient (Wildman–Crippen LogP) is 3.17. The summed E-state index contributed by atoms with van der Waals surface area (Å²) >= 11 is 0. The number of carbonyl (C=O) groups excluding carboxylic acids is 1. The molecule has 0 spiro atoms. The summed E-state index contributed by atoms with van der Waals surface area (Å²) in [6, 6.07) is 3.67. The number of nitrogens with one attached hydrogen (secondary N) is 1. The number of nitrogens with zero attached hydrogens (tertiary/aromatic N) is 2. The van der Waals surface area contributed by atoms with Gasteiger partial charge in [0.15, 0.2) is 0 Å². The maximum Gasteiger partial charge on any atom is 0.254 e. The number of pyridine rings is 1. The SMILES string of the molecule is CCNc1cc(C(=O)N2CCCC(CC)CC2)ccn1. The second-order valence-corrected chi connectivity index (χ2v) is 5.46. The molecule has 4 nitrogen and oxygen atoms in total. The molecule has 1 N–H and O–H groups in total. The Balaban J connectivity index is 2.04. The minimum Gasteiger partial charge on any atom is -0.370 e. The summed E-state index contributed by atoms with van der Waals surface area (Å²) in [5.74, 6) is 1.70. The van der Waals surface area contributed by atoms with Crippen LogP contribution in [0.3, 0.4) is 0 Å². The highest BCUT2D eigenvalue weighted by Gasteiger charge is 2.21. The van der Waals surface area contributed by atoms with E-state index in [0.717, 1.165) is 49.8 Å². The van der Waals surface area contributed by atoms with Crippen molar-refractivity contribution in [1.29, 1.82) is 0 Å². The lowest BCUT2D eigenvalue weighted by molar-refractivity contribution is 0.0760. The molecular formula is C16H25N3O. The number of rotatable bonds is 4. The molecule has 20 heavy (non-hydrogen) atoms. The maximum absolute atomic E-state index is 12.6. The first-order valence-corrected chi connectivity index (χ1v) is 7.73. The van der Waals surface area contributed by atoms with Gasteiger partial charge in [0, 0.05) is 31.4 Å². The zero-order valence-corrected chi connectivity index (χ0v) is 12.6. The van der Waals surface area contributed by atoms with Gasteiger partial charge in [0.1, 0.15) is 5.82 Å². The van der Waals surface area contributed by atoms with Gasteiger partial charge < -0.3 is 10.2 Å². The molecule has 1 saturated heterocycles. The van der Waals surface area contributed by atoms with Crippen molar-refractivity contribution in [1.82, 2.24) is 9.88 Å². The van der Waals surface area contributed by atoms with Crippen LogP contribution in [0.15, 0.2) is 18.3 Å². The highest BCUT2D eigenvalue weighted by atomic mass is 16.2. The Morgan fingerprint density at radius 1 is 1.40 bits per heavy atom. The third-order valence-corrected chi connectivity index (χ3v) is 4.08. The zero-order valence-electron chi connectivity index (χ0n) is 12.6. The van der Waals surface area contributed by atoms with E-state index in [9.17, 15) is 4.79 Å². The first-order valence-electron chi connectivity index (χ1n) is 7.73. The summed E-state index contributed by atoms with van der Waals surface area (Å²) in [5, 5.41) is 3.15. The Bertz CT molecular complexity index is 447. The lowest BCUT2D eigenvalue weighted by Gasteiger charge is -2.21. The van der Waals surface area contributed by atoms with Crippen molar-refractivity contribution < 1.29 is 4.79 Å². The first-order chi connectivity index (χ1) is 9.74. The van der Waals surface area contributed by atoms with E-state index in [1.54, 1.807) is 6.20 Å². The van der Waals surface area contributed by atoms with Crippen LogP contribution >= 0.6 is 0 Å². The van der Waals surface area contributed by atoms with E-state index < -0.39 is 0 Å². The van der Waals surface area contributed by atoms with Crippen molar-refractivity contribution >= 4 is 11.7 Å². The van der Waals surface area contributed by atoms with Crippen molar-refractivity contribution in [2.45, 2.75) is 39.5 Å². The highest BCUT2D eigenvalue weighted by Crippen LogP contribution is 2.21.